The van der Waals surface area contributed by atoms with Crippen molar-refractivity contribution in [3.63, 3.8) is 0 Å². The predicted molar refractivity (Wildman–Crippen MR) is 169 cm³/mol. The average molecular weight is 588 g/mol. The molecule has 9 atom stereocenters. The van der Waals surface area contributed by atoms with E-state index in [0.717, 1.165) is 50.9 Å². The molecule has 0 spiro atoms. The summed E-state index contributed by atoms with van der Waals surface area (Å²) in [6, 6.07) is -0.709. The van der Waals surface area contributed by atoms with Gasteiger partial charge in [0, 0.05) is 17.5 Å². The van der Waals surface area contributed by atoms with Crippen LogP contribution in [-0.2, 0) is 14.3 Å². The topological polar surface area (TPSA) is 117 Å². The van der Waals surface area contributed by atoms with Crippen LogP contribution in [0.3, 0.4) is 0 Å². The van der Waals surface area contributed by atoms with Crippen molar-refractivity contribution in [2.75, 3.05) is 7.11 Å². The minimum absolute atomic E-state index is 0.0355. The summed E-state index contributed by atoms with van der Waals surface area (Å²) in [6.45, 7) is 16.0. The number of amides is 1. The van der Waals surface area contributed by atoms with Gasteiger partial charge in [-0.05, 0) is 91.8 Å². The number of hydrogen-bond donors (Lipinski definition) is 3. The van der Waals surface area contributed by atoms with Gasteiger partial charge in [0.15, 0.2) is 0 Å². The Morgan fingerprint density at radius 3 is 2.36 bits per heavy atom. The summed E-state index contributed by atoms with van der Waals surface area (Å²) in [5, 5.41) is 2.67. The maximum atomic E-state index is 13.2. The van der Waals surface area contributed by atoms with Gasteiger partial charge in [-0.3, -0.25) is 0 Å². The fourth-order valence-corrected chi connectivity index (χ4v) is 10.1. The molecule has 0 aromatic carbocycles. The molecule has 5 N–H and O–H groups in total. The summed E-state index contributed by atoms with van der Waals surface area (Å²) in [6.07, 6.45) is 13.7. The molecule has 0 aliphatic heterocycles. The minimum atomic E-state index is -0.709. The normalized spacial score (nSPS) is 39.0. The zero-order chi connectivity index (χ0) is 31.1. The van der Waals surface area contributed by atoms with Gasteiger partial charge in [-0.1, -0.05) is 79.4 Å². The maximum absolute atomic E-state index is 13.2. The van der Waals surface area contributed by atoms with Crippen molar-refractivity contribution >= 4 is 12.1 Å². The van der Waals surface area contributed by atoms with E-state index in [1.54, 1.807) is 0 Å². The lowest BCUT2D eigenvalue weighted by molar-refractivity contribution is -0.155. The van der Waals surface area contributed by atoms with Crippen LogP contribution >= 0.6 is 0 Å². The third-order valence-corrected chi connectivity index (χ3v) is 12.6. The molecule has 0 aromatic rings. The largest absolute Gasteiger partial charge is 0.461 e. The van der Waals surface area contributed by atoms with Gasteiger partial charge in [-0.2, -0.15) is 0 Å². The molecular weight excluding hydrogens is 526 g/mol. The molecule has 4 aliphatic carbocycles. The number of ether oxygens (including phenoxy) is 2. The molecule has 240 valence electrons. The first-order chi connectivity index (χ1) is 19.6. The number of alkyl carbamates (subject to hydrolysis) is 1. The highest BCUT2D eigenvalue weighted by Crippen LogP contribution is 2.69. The van der Waals surface area contributed by atoms with Crippen LogP contribution in [0, 0.1) is 40.4 Å². The first-order valence-electron chi connectivity index (χ1n) is 16.9. The van der Waals surface area contributed by atoms with Crippen LogP contribution in [0.25, 0.3) is 0 Å². The number of carbonyl (C=O) groups is 2. The van der Waals surface area contributed by atoms with Crippen molar-refractivity contribution in [2.45, 2.75) is 149 Å². The Balaban J connectivity index is 1.49. The number of hydrogen-bond acceptors (Lipinski definition) is 6. The average Bonchev–Trinajstić information content (AvgIpc) is 3.20. The van der Waals surface area contributed by atoms with E-state index in [9.17, 15) is 9.59 Å². The predicted octanol–water partition coefficient (Wildman–Crippen LogP) is 6.87. The first-order valence-corrected chi connectivity index (χ1v) is 16.9. The van der Waals surface area contributed by atoms with E-state index >= 15 is 0 Å². The van der Waals surface area contributed by atoms with Gasteiger partial charge in [0.1, 0.15) is 12.1 Å². The van der Waals surface area contributed by atoms with Gasteiger partial charge in [0.25, 0.3) is 0 Å². The molecule has 0 aromatic heterocycles. The Hall–Kier alpha value is -1.60. The molecule has 0 radical (unpaired) electrons. The van der Waals surface area contributed by atoms with E-state index in [1.165, 1.54) is 38.4 Å². The lowest BCUT2D eigenvalue weighted by Gasteiger charge is -2.67. The number of rotatable bonds is 10. The van der Waals surface area contributed by atoms with Gasteiger partial charge in [0.05, 0.1) is 7.11 Å². The number of nitrogens with two attached hydrogens (primary N) is 2. The molecule has 42 heavy (non-hydrogen) atoms. The highest BCUT2D eigenvalue weighted by Gasteiger charge is 2.71. The molecule has 3 fully saturated rings. The van der Waals surface area contributed by atoms with Gasteiger partial charge in [-0.15, -0.1) is 0 Å². The van der Waals surface area contributed by atoms with Crippen LogP contribution in [0.15, 0.2) is 11.6 Å². The van der Waals surface area contributed by atoms with Crippen molar-refractivity contribution < 1.29 is 19.1 Å². The van der Waals surface area contributed by atoms with Crippen LogP contribution in [0.2, 0.25) is 0 Å². The number of carbonyl (C=O) groups excluding carboxylic acids is 2. The Labute approximate surface area is 255 Å². The zero-order valence-electron chi connectivity index (χ0n) is 27.9. The molecule has 3 saturated carbocycles. The molecule has 7 nitrogen and oxygen atoms in total. The second-order valence-corrected chi connectivity index (χ2v) is 15.9. The van der Waals surface area contributed by atoms with Crippen molar-refractivity contribution in [3.05, 3.63) is 11.6 Å². The highest BCUT2D eigenvalue weighted by atomic mass is 16.6. The third-order valence-electron chi connectivity index (χ3n) is 12.6. The maximum Gasteiger partial charge on any atom is 0.407 e. The molecule has 0 bridgehead atoms. The summed E-state index contributed by atoms with van der Waals surface area (Å²) < 4.78 is 10.8. The molecule has 1 unspecified atom stereocenters. The summed E-state index contributed by atoms with van der Waals surface area (Å²) in [7, 11) is 1.31. The first kappa shape index (κ1) is 33.3. The summed E-state index contributed by atoms with van der Waals surface area (Å²) in [5.41, 5.74) is 15.8. The van der Waals surface area contributed by atoms with E-state index in [2.05, 4.69) is 46.0 Å². The van der Waals surface area contributed by atoms with Crippen LogP contribution in [0.5, 0.6) is 0 Å². The Kier molecular flexibility index (Phi) is 9.84. The Morgan fingerprint density at radius 2 is 1.71 bits per heavy atom. The number of nitrogens with one attached hydrogen (secondary N) is 1. The molecule has 4 aliphatic rings. The standard InChI is InChI=1S/C35H61N3O4/c1-22(2)10-9-11-24(5)27-14-19-35(37)33(27,7)17-15-29-32(6)16-13-26(21-25(32)12-18-34(29,35)36)42-30(39)28(20-23(3)4)38-31(40)41-8/h12,22-24,26-29H,9-11,13-21,36-37H2,1-8H3,(H,38,40)/t24-,26+,27-,28?,29-,32+,33-,34+,35+/m1/s1. The van der Waals surface area contributed by atoms with Gasteiger partial charge in [0.2, 0.25) is 0 Å². The Morgan fingerprint density at radius 1 is 1.00 bits per heavy atom. The second-order valence-electron chi connectivity index (χ2n) is 15.9. The third kappa shape index (κ3) is 5.78. The molecule has 4 rings (SSSR count). The molecule has 7 heteroatoms. The summed E-state index contributed by atoms with van der Waals surface area (Å²) >= 11 is 0. The van der Waals surface area contributed by atoms with Gasteiger partial charge < -0.3 is 26.3 Å². The summed E-state index contributed by atoms with van der Waals surface area (Å²) in [4.78, 5) is 25.0. The fraction of sp³-hybridized carbons (Fsp3) is 0.886. The van der Waals surface area contributed by atoms with Crippen LogP contribution in [0.4, 0.5) is 4.79 Å². The summed E-state index contributed by atoms with van der Waals surface area (Å²) in [5.74, 6) is 2.23. The van der Waals surface area contributed by atoms with Crippen molar-refractivity contribution in [3.8, 4) is 0 Å². The monoisotopic (exact) mass is 587 g/mol. The number of fused-ring (bicyclic) bond motifs is 5. The highest BCUT2D eigenvalue weighted by molar-refractivity contribution is 5.81. The smallest absolute Gasteiger partial charge is 0.407 e. The van der Waals surface area contributed by atoms with Crippen molar-refractivity contribution in [1.82, 2.24) is 5.32 Å². The van der Waals surface area contributed by atoms with E-state index < -0.39 is 17.7 Å². The van der Waals surface area contributed by atoms with Crippen LogP contribution in [-0.4, -0.2) is 42.4 Å². The lowest BCUT2D eigenvalue weighted by atomic mass is 9.41. The van der Waals surface area contributed by atoms with Crippen LogP contribution in [0.1, 0.15) is 126 Å². The molecule has 0 saturated heterocycles. The zero-order valence-corrected chi connectivity index (χ0v) is 27.9. The van der Waals surface area contributed by atoms with E-state index in [-0.39, 0.29) is 34.4 Å². The quantitative estimate of drug-likeness (QED) is 0.190. The van der Waals surface area contributed by atoms with E-state index in [0.29, 0.717) is 24.2 Å². The van der Waals surface area contributed by atoms with Crippen molar-refractivity contribution in [1.29, 1.82) is 0 Å². The molecular formula is C35H61N3O4. The number of methoxy groups -OCH3 is 1. The molecule has 1 amide bonds. The van der Waals surface area contributed by atoms with Gasteiger partial charge >= 0.3 is 12.1 Å². The van der Waals surface area contributed by atoms with Crippen LogP contribution < -0.4 is 16.8 Å². The second kappa shape index (κ2) is 12.4. The number of esters is 1. The SMILES string of the molecule is COC(=O)NC(CC(C)C)C(=O)O[C@H]1CC[C@@]2(C)C(=CC[C@]3(N)[C@@H]2CC[C@]2(C)[C@@H]([C@H](C)CCCC(C)C)CC[C@]23N)C1. The minimum Gasteiger partial charge on any atom is -0.461 e. The van der Waals surface area contributed by atoms with Gasteiger partial charge in [-0.25, -0.2) is 9.59 Å². The van der Waals surface area contributed by atoms with E-state index in [4.69, 9.17) is 20.9 Å². The van der Waals surface area contributed by atoms with E-state index in [1.807, 2.05) is 13.8 Å². The fourth-order valence-electron chi connectivity index (χ4n) is 10.1. The lowest BCUT2D eigenvalue weighted by Crippen LogP contribution is -2.79. The van der Waals surface area contributed by atoms with Crippen molar-refractivity contribution in [2.24, 2.45) is 51.9 Å². The Bertz CT molecular complexity index is 1030. The molecule has 0 heterocycles.